The fourth-order valence-electron chi connectivity index (χ4n) is 3.00. The van der Waals surface area contributed by atoms with Crippen molar-refractivity contribution < 1.29 is 4.79 Å². The lowest BCUT2D eigenvalue weighted by molar-refractivity contribution is -0.113. The number of carbonyl (C=O) groups excluding carboxylic acids is 1. The number of aromatic nitrogens is 3. The smallest absolute Gasteiger partial charge is 0.234 e. The van der Waals surface area contributed by atoms with Gasteiger partial charge in [-0.25, -0.2) is 4.68 Å². The Morgan fingerprint density at radius 3 is 2.62 bits per heavy atom. The standard InChI is InChI=1S/C21H18ClN5OS/c22-16-8-10-17(11-9-16)24-20(28)13-29-21-26-25-19(27(21)23)12-15-6-3-5-14-4-1-2-7-18(14)15/h1-11H,12-13,23H2,(H,24,28). The maximum absolute atomic E-state index is 12.2. The number of carbonyl (C=O) groups is 1. The Hall–Kier alpha value is -3.03. The summed E-state index contributed by atoms with van der Waals surface area (Å²) in [6.07, 6.45) is 0.558. The molecular formula is C21H18ClN5OS. The number of thioether (sulfide) groups is 1. The molecule has 4 aromatic rings. The van der Waals surface area contributed by atoms with Crippen molar-refractivity contribution in [1.29, 1.82) is 0 Å². The van der Waals surface area contributed by atoms with Crippen molar-refractivity contribution in [3.63, 3.8) is 0 Å². The molecule has 0 aliphatic heterocycles. The topological polar surface area (TPSA) is 85.8 Å². The van der Waals surface area contributed by atoms with Crippen molar-refractivity contribution in [3.05, 3.63) is 83.1 Å². The van der Waals surface area contributed by atoms with E-state index in [0.717, 1.165) is 10.9 Å². The van der Waals surface area contributed by atoms with Gasteiger partial charge in [-0.2, -0.15) is 0 Å². The third kappa shape index (κ3) is 4.52. The Kier molecular flexibility index (Phi) is 5.69. The summed E-state index contributed by atoms with van der Waals surface area (Å²) in [6.45, 7) is 0. The number of hydrogen-bond acceptors (Lipinski definition) is 5. The normalized spacial score (nSPS) is 10.9. The molecule has 3 aromatic carbocycles. The first-order chi connectivity index (χ1) is 14.1. The summed E-state index contributed by atoms with van der Waals surface area (Å²) in [5, 5.41) is 14.6. The molecule has 1 aromatic heterocycles. The molecule has 6 nitrogen and oxygen atoms in total. The second kappa shape index (κ2) is 8.55. The van der Waals surface area contributed by atoms with E-state index in [-0.39, 0.29) is 11.7 Å². The summed E-state index contributed by atoms with van der Waals surface area (Å²) < 4.78 is 1.45. The highest BCUT2D eigenvalue weighted by molar-refractivity contribution is 7.99. The van der Waals surface area contributed by atoms with Gasteiger partial charge < -0.3 is 11.2 Å². The molecule has 0 fully saturated rings. The number of rotatable bonds is 6. The molecule has 29 heavy (non-hydrogen) atoms. The molecule has 1 heterocycles. The summed E-state index contributed by atoms with van der Waals surface area (Å²) in [5.74, 6) is 6.83. The van der Waals surface area contributed by atoms with Gasteiger partial charge in [0.25, 0.3) is 0 Å². The molecule has 0 saturated carbocycles. The first-order valence-electron chi connectivity index (χ1n) is 8.94. The fraction of sp³-hybridized carbons (Fsp3) is 0.0952. The zero-order chi connectivity index (χ0) is 20.2. The molecule has 3 N–H and O–H groups in total. The first kappa shape index (κ1) is 19.3. The van der Waals surface area contributed by atoms with Crippen LogP contribution in [0.15, 0.2) is 71.9 Å². The van der Waals surface area contributed by atoms with Crippen LogP contribution in [-0.2, 0) is 11.2 Å². The minimum absolute atomic E-state index is 0.157. The van der Waals surface area contributed by atoms with Gasteiger partial charge in [0.1, 0.15) is 0 Å². The van der Waals surface area contributed by atoms with Crippen LogP contribution in [0, 0.1) is 0 Å². The average molecular weight is 424 g/mol. The number of halogens is 1. The number of benzene rings is 3. The molecule has 8 heteroatoms. The van der Waals surface area contributed by atoms with Crippen molar-refractivity contribution in [2.24, 2.45) is 0 Å². The van der Waals surface area contributed by atoms with E-state index in [9.17, 15) is 4.79 Å². The van der Waals surface area contributed by atoms with Crippen LogP contribution >= 0.6 is 23.4 Å². The van der Waals surface area contributed by atoms with Crippen LogP contribution < -0.4 is 11.2 Å². The SMILES string of the molecule is Nn1c(Cc2cccc3ccccc23)nnc1SCC(=O)Nc1ccc(Cl)cc1. The minimum atomic E-state index is -0.157. The predicted octanol–water partition coefficient (Wildman–Crippen LogP) is 4.12. The van der Waals surface area contributed by atoms with Gasteiger partial charge in [-0.05, 0) is 40.6 Å². The third-order valence-electron chi connectivity index (χ3n) is 4.42. The molecule has 0 radical (unpaired) electrons. The largest absolute Gasteiger partial charge is 0.336 e. The summed E-state index contributed by atoms with van der Waals surface area (Å²) in [6, 6.07) is 21.3. The van der Waals surface area contributed by atoms with E-state index in [4.69, 9.17) is 17.4 Å². The lowest BCUT2D eigenvalue weighted by Gasteiger charge is -2.07. The van der Waals surface area contributed by atoms with Crippen LogP contribution in [0.1, 0.15) is 11.4 Å². The van der Waals surface area contributed by atoms with Crippen LogP contribution in [0.2, 0.25) is 5.02 Å². The molecule has 0 aliphatic rings. The first-order valence-corrected chi connectivity index (χ1v) is 10.3. The van der Waals surface area contributed by atoms with Crippen molar-refractivity contribution in [1.82, 2.24) is 14.9 Å². The number of amides is 1. The number of anilines is 1. The van der Waals surface area contributed by atoms with Crippen LogP contribution in [0.25, 0.3) is 10.8 Å². The Bertz CT molecular complexity index is 1150. The second-order valence-corrected chi connectivity index (χ2v) is 7.81. The highest BCUT2D eigenvalue weighted by atomic mass is 35.5. The molecular weight excluding hydrogens is 406 g/mol. The van der Waals surface area contributed by atoms with Crippen molar-refractivity contribution >= 4 is 45.7 Å². The molecule has 146 valence electrons. The summed E-state index contributed by atoms with van der Waals surface area (Å²) in [5.41, 5.74) is 1.81. The maximum Gasteiger partial charge on any atom is 0.234 e. The predicted molar refractivity (Wildman–Crippen MR) is 118 cm³/mol. The maximum atomic E-state index is 12.2. The summed E-state index contributed by atoms with van der Waals surface area (Å²) in [7, 11) is 0. The molecule has 0 bridgehead atoms. The van der Waals surface area contributed by atoms with Crippen molar-refractivity contribution in [3.8, 4) is 0 Å². The van der Waals surface area contributed by atoms with Gasteiger partial charge in [0.15, 0.2) is 5.82 Å². The van der Waals surface area contributed by atoms with E-state index in [0.29, 0.717) is 28.1 Å². The van der Waals surface area contributed by atoms with Gasteiger partial charge in [0.05, 0.1) is 5.75 Å². The summed E-state index contributed by atoms with van der Waals surface area (Å²) >= 11 is 7.09. The van der Waals surface area contributed by atoms with Crippen molar-refractivity contribution in [2.45, 2.75) is 11.6 Å². The number of hydrogen-bond donors (Lipinski definition) is 2. The number of nitrogen functional groups attached to an aromatic ring is 1. The number of fused-ring (bicyclic) bond motifs is 1. The van der Waals surface area contributed by atoms with Gasteiger partial charge >= 0.3 is 0 Å². The molecule has 0 unspecified atom stereocenters. The van der Waals surface area contributed by atoms with Crippen LogP contribution in [0.3, 0.4) is 0 Å². The Morgan fingerprint density at radius 2 is 1.79 bits per heavy atom. The number of nitrogens with two attached hydrogens (primary N) is 1. The highest BCUT2D eigenvalue weighted by Gasteiger charge is 2.14. The van der Waals surface area contributed by atoms with Gasteiger partial charge in [-0.3, -0.25) is 4.79 Å². The Morgan fingerprint density at radius 1 is 1.03 bits per heavy atom. The van der Waals surface area contributed by atoms with E-state index in [1.807, 2.05) is 18.2 Å². The van der Waals surface area contributed by atoms with Gasteiger partial charge in [0.2, 0.25) is 11.1 Å². The van der Waals surface area contributed by atoms with E-state index < -0.39 is 0 Å². The van der Waals surface area contributed by atoms with E-state index in [1.165, 1.54) is 21.8 Å². The second-order valence-electron chi connectivity index (χ2n) is 6.43. The van der Waals surface area contributed by atoms with Gasteiger partial charge in [-0.1, -0.05) is 65.8 Å². The Balaban J connectivity index is 1.42. The molecule has 4 rings (SSSR count). The van der Waals surface area contributed by atoms with Gasteiger partial charge in [-0.15, -0.1) is 10.2 Å². The van der Waals surface area contributed by atoms with Crippen molar-refractivity contribution in [2.75, 3.05) is 16.9 Å². The molecule has 0 aliphatic carbocycles. The van der Waals surface area contributed by atoms with Gasteiger partial charge in [0, 0.05) is 17.1 Å². The molecule has 0 spiro atoms. The third-order valence-corrected chi connectivity index (χ3v) is 5.62. The van der Waals surface area contributed by atoms with E-state index in [2.05, 4.69) is 39.8 Å². The fourth-order valence-corrected chi connectivity index (χ4v) is 3.80. The lowest BCUT2D eigenvalue weighted by atomic mass is 10.0. The monoisotopic (exact) mass is 423 g/mol. The van der Waals surface area contributed by atoms with E-state index >= 15 is 0 Å². The zero-order valence-electron chi connectivity index (χ0n) is 15.4. The molecule has 1 amide bonds. The van der Waals surface area contributed by atoms with Crippen LogP contribution in [0.5, 0.6) is 0 Å². The van der Waals surface area contributed by atoms with Crippen LogP contribution in [0.4, 0.5) is 5.69 Å². The van der Waals surface area contributed by atoms with E-state index in [1.54, 1.807) is 24.3 Å². The summed E-state index contributed by atoms with van der Waals surface area (Å²) in [4.78, 5) is 12.2. The quantitative estimate of drug-likeness (QED) is 0.360. The highest BCUT2D eigenvalue weighted by Crippen LogP contribution is 2.22. The number of nitrogens with one attached hydrogen (secondary N) is 1. The Labute approximate surface area is 177 Å². The zero-order valence-corrected chi connectivity index (χ0v) is 17.0. The molecule has 0 atom stereocenters. The average Bonchev–Trinajstić information content (AvgIpc) is 3.08. The van der Waals surface area contributed by atoms with Crippen LogP contribution in [-0.4, -0.2) is 26.5 Å². The number of nitrogens with zero attached hydrogens (tertiary/aromatic N) is 3. The molecule has 0 saturated heterocycles. The minimum Gasteiger partial charge on any atom is -0.336 e. The lowest BCUT2D eigenvalue weighted by Crippen LogP contribution is -2.17.